The Kier molecular flexibility index (Phi) is 9.11. The first-order valence-electron chi connectivity index (χ1n) is 23.1. The molecule has 0 saturated carbocycles. The molecular formula is C65H42N2. The van der Waals surface area contributed by atoms with Gasteiger partial charge in [-0.15, -0.1) is 0 Å². The molecule has 0 bridgehead atoms. The van der Waals surface area contributed by atoms with E-state index >= 15 is 0 Å². The van der Waals surface area contributed by atoms with E-state index in [1.165, 1.54) is 66.4 Å². The van der Waals surface area contributed by atoms with E-state index in [2.05, 4.69) is 255 Å². The summed E-state index contributed by atoms with van der Waals surface area (Å²) in [5, 5.41) is 6.95. The van der Waals surface area contributed by atoms with Gasteiger partial charge in [-0.3, -0.25) is 0 Å². The second-order valence-corrected chi connectivity index (χ2v) is 17.6. The lowest BCUT2D eigenvalue weighted by Crippen LogP contribution is -2.28. The van der Waals surface area contributed by atoms with E-state index in [4.69, 9.17) is 9.97 Å². The SMILES string of the molecule is c1ccc(C2(c3ccccc3)c3ccccc3-c3cc(-c4cccc(-c5ccc(-c6cc(-c7cccc8ccccc78)nc(-c7cccc8ccccc78)n6)c6ccccc56)c4)ccc32)cc1. The van der Waals surface area contributed by atoms with Gasteiger partial charge < -0.3 is 0 Å². The largest absolute Gasteiger partial charge is 0.228 e. The topological polar surface area (TPSA) is 25.8 Å². The summed E-state index contributed by atoms with van der Waals surface area (Å²) in [6.07, 6.45) is 0. The Labute approximate surface area is 390 Å². The van der Waals surface area contributed by atoms with Crippen molar-refractivity contribution >= 4 is 32.3 Å². The first kappa shape index (κ1) is 38.7. The van der Waals surface area contributed by atoms with Gasteiger partial charge in [-0.1, -0.05) is 237 Å². The number of aromatic nitrogens is 2. The molecule has 13 rings (SSSR count). The van der Waals surface area contributed by atoms with E-state index in [-0.39, 0.29) is 0 Å². The minimum Gasteiger partial charge on any atom is -0.228 e. The van der Waals surface area contributed by atoms with E-state index in [0.29, 0.717) is 5.82 Å². The van der Waals surface area contributed by atoms with Crippen LogP contribution in [0.25, 0.3) is 99.6 Å². The van der Waals surface area contributed by atoms with Crippen LogP contribution in [-0.2, 0) is 5.41 Å². The molecule has 11 aromatic carbocycles. The second-order valence-electron chi connectivity index (χ2n) is 17.6. The highest BCUT2D eigenvalue weighted by molar-refractivity contribution is 6.06. The summed E-state index contributed by atoms with van der Waals surface area (Å²) in [5.41, 5.74) is 17.0. The van der Waals surface area contributed by atoms with Crippen molar-refractivity contribution in [2.75, 3.05) is 0 Å². The van der Waals surface area contributed by atoms with E-state index in [1.54, 1.807) is 0 Å². The maximum atomic E-state index is 5.42. The van der Waals surface area contributed by atoms with Crippen LogP contribution in [-0.4, -0.2) is 9.97 Å². The molecule has 0 fully saturated rings. The summed E-state index contributed by atoms with van der Waals surface area (Å²) in [7, 11) is 0. The molecule has 0 atom stereocenters. The summed E-state index contributed by atoms with van der Waals surface area (Å²) < 4.78 is 0. The van der Waals surface area contributed by atoms with Crippen LogP contribution in [0.2, 0.25) is 0 Å². The van der Waals surface area contributed by atoms with Crippen molar-refractivity contribution in [1.29, 1.82) is 0 Å². The van der Waals surface area contributed by atoms with Crippen molar-refractivity contribution in [2.24, 2.45) is 0 Å². The summed E-state index contributed by atoms with van der Waals surface area (Å²) in [6, 6.07) is 92.5. The third-order valence-electron chi connectivity index (χ3n) is 14.0. The molecule has 0 saturated heterocycles. The fourth-order valence-corrected chi connectivity index (χ4v) is 11.0. The Morgan fingerprint density at radius 2 is 0.716 bits per heavy atom. The number of nitrogens with zero attached hydrogens (tertiary/aromatic N) is 2. The van der Waals surface area contributed by atoms with Gasteiger partial charge >= 0.3 is 0 Å². The van der Waals surface area contributed by atoms with E-state index in [1.807, 2.05) is 0 Å². The number of fused-ring (bicyclic) bond motifs is 6. The Hall–Kier alpha value is -8.72. The lowest BCUT2D eigenvalue weighted by atomic mass is 9.67. The smallest absolute Gasteiger partial charge is 0.161 e. The molecule has 0 unspecified atom stereocenters. The van der Waals surface area contributed by atoms with Crippen molar-refractivity contribution in [3.8, 4) is 67.3 Å². The second kappa shape index (κ2) is 15.8. The first-order chi connectivity index (χ1) is 33.2. The van der Waals surface area contributed by atoms with Gasteiger partial charge in [-0.2, -0.15) is 0 Å². The fraction of sp³-hybridized carbons (Fsp3) is 0.0154. The van der Waals surface area contributed by atoms with Gasteiger partial charge in [-0.25, -0.2) is 9.97 Å². The predicted octanol–water partition coefficient (Wildman–Crippen LogP) is 16.6. The normalized spacial score (nSPS) is 12.6. The Balaban J connectivity index is 0.949. The number of rotatable bonds is 7. The molecule has 1 aliphatic rings. The van der Waals surface area contributed by atoms with Gasteiger partial charge in [0, 0.05) is 16.7 Å². The lowest BCUT2D eigenvalue weighted by Gasteiger charge is -2.33. The van der Waals surface area contributed by atoms with Crippen LogP contribution in [0.4, 0.5) is 0 Å². The Morgan fingerprint density at radius 1 is 0.254 bits per heavy atom. The van der Waals surface area contributed by atoms with Gasteiger partial charge in [0.2, 0.25) is 0 Å². The zero-order valence-corrected chi connectivity index (χ0v) is 36.6. The maximum Gasteiger partial charge on any atom is 0.161 e. The van der Waals surface area contributed by atoms with Gasteiger partial charge in [0.1, 0.15) is 0 Å². The van der Waals surface area contributed by atoms with E-state index < -0.39 is 5.41 Å². The van der Waals surface area contributed by atoms with Crippen LogP contribution in [0.3, 0.4) is 0 Å². The molecule has 1 heterocycles. The van der Waals surface area contributed by atoms with Crippen LogP contribution >= 0.6 is 0 Å². The molecule has 2 heteroatoms. The van der Waals surface area contributed by atoms with Crippen LogP contribution in [0.15, 0.2) is 255 Å². The Bertz CT molecular complexity index is 3720. The summed E-state index contributed by atoms with van der Waals surface area (Å²) in [6.45, 7) is 0. The molecule has 312 valence electrons. The van der Waals surface area contributed by atoms with Crippen LogP contribution in [0.1, 0.15) is 22.3 Å². The van der Waals surface area contributed by atoms with Crippen molar-refractivity contribution in [1.82, 2.24) is 9.97 Å². The van der Waals surface area contributed by atoms with Crippen LogP contribution in [0.5, 0.6) is 0 Å². The molecule has 0 N–H and O–H groups in total. The highest BCUT2D eigenvalue weighted by atomic mass is 14.9. The highest BCUT2D eigenvalue weighted by Crippen LogP contribution is 2.56. The van der Waals surface area contributed by atoms with Crippen molar-refractivity contribution in [3.63, 3.8) is 0 Å². The fourth-order valence-electron chi connectivity index (χ4n) is 11.0. The standard InChI is InChI=1S/C65H42N2/c1-3-24-48(25-4-1)65(49-26-5-2-6-27-49)60-35-14-13-32-55(60)59-41-46(36-39-61(59)65)45-22-15-23-47(40-45)52-37-38-57(54-31-12-11-30-53(52)54)63-42-62(56-33-16-20-43-18-7-9-28-50(43)56)66-64(67-63)58-34-17-21-44-19-8-10-29-51(44)58/h1-42H. The number of benzene rings is 11. The zero-order valence-electron chi connectivity index (χ0n) is 36.6. The molecule has 0 radical (unpaired) electrons. The first-order valence-corrected chi connectivity index (χ1v) is 23.1. The molecule has 12 aromatic rings. The molecule has 0 spiro atoms. The van der Waals surface area contributed by atoms with Gasteiger partial charge in [0.05, 0.1) is 16.8 Å². The van der Waals surface area contributed by atoms with E-state index in [9.17, 15) is 0 Å². The monoisotopic (exact) mass is 850 g/mol. The molecule has 1 aliphatic carbocycles. The van der Waals surface area contributed by atoms with Crippen molar-refractivity contribution < 1.29 is 0 Å². The summed E-state index contributed by atoms with van der Waals surface area (Å²) in [5.74, 6) is 0.708. The summed E-state index contributed by atoms with van der Waals surface area (Å²) in [4.78, 5) is 10.8. The van der Waals surface area contributed by atoms with Crippen molar-refractivity contribution in [2.45, 2.75) is 5.41 Å². The maximum absolute atomic E-state index is 5.42. The van der Waals surface area contributed by atoms with Crippen LogP contribution in [0, 0.1) is 0 Å². The van der Waals surface area contributed by atoms with Gasteiger partial charge in [-0.05, 0) is 106 Å². The van der Waals surface area contributed by atoms with Gasteiger partial charge in [0.15, 0.2) is 5.82 Å². The molecule has 0 amide bonds. The minimum atomic E-state index is -0.426. The minimum absolute atomic E-state index is 0.426. The average Bonchev–Trinajstić information content (AvgIpc) is 3.71. The zero-order chi connectivity index (χ0) is 44.3. The molecule has 67 heavy (non-hydrogen) atoms. The number of hydrogen-bond donors (Lipinski definition) is 0. The third-order valence-corrected chi connectivity index (χ3v) is 14.0. The van der Waals surface area contributed by atoms with Crippen LogP contribution < -0.4 is 0 Å². The summed E-state index contributed by atoms with van der Waals surface area (Å²) >= 11 is 0. The molecule has 1 aromatic heterocycles. The lowest BCUT2D eigenvalue weighted by molar-refractivity contribution is 0.768. The molecule has 0 aliphatic heterocycles. The molecule has 2 nitrogen and oxygen atoms in total. The molecular weight excluding hydrogens is 809 g/mol. The van der Waals surface area contributed by atoms with E-state index in [0.717, 1.165) is 49.6 Å². The average molecular weight is 851 g/mol. The third kappa shape index (κ3) is 6.26. The quantitative estimate of drug-likeness (QED) is 0.160. The van der Waals surface area contributed by atoms with Crippen molar-refractivity contribution in [3.05, 3.63) is 277 Å². The highest BCUT2D eigenvalue weighted by Gasteiger charge is 2.46. The van der Waals surface area contributed by atoms with Gasteiger partial charge in [0.25, 0.3) is 0 Å². The predicted molar refractivity (Wildman–Crippen MR) is 279 cm³/mol. The Morgan fingerprint density at radius 3 is 1.42 bits per heavy atom. The number of hydrogen-bond acceptors (Lipinski definition) is 2.